The largest absolute Gasteiger partial charge is 0.503 e. The Labute approximate surface area is 163 Å². The maximum atomic E-state index is 13.0. The van der Waals surface area contributed by atoms with E-state index in [1.54, 1.807) is 29.2 Å². The summed E-state index contributed by atoms with van der Waals surface area (Å²) < 4.78 is 0. The van der Waals surface area contributed by atoms with Gasteiger partial charge in [-0.25, -0.2) is 0 Å². The van der Waals surface area contributed by atoms with E-state index in [4.69, 9.17) is 11.6 Å². The number of amides is 1. The van der Waals surface area contributed by atoms with Crippen LogP contribution in [-0.4, -0.2) is 11.0 Å². The number of carbonyl (C=O) groups excluding carboxylic acids is 1. The summed E-state index contributed by atoms with van der Waals surface area (Å²) in [6, 6.07) is 24.2. The number of halogens is 1. The van der Waals surface area contributed by atoms with E-state index in [1.165, 1.54) is 0 Å². The van der Waals surface area contributed by atoms with Crippen molar-refractivity contribution in [3.8, 4) is 0 Å². The molecule has 3 aromatic rings. The SMILES string of the molecule is Cc1ccc([C@H]2C(c3ccccc3)=C(O)C(=O)N2c2ccc(Cl)cc2)cc1. The molecular weight excluding hydrogens is 358 g/mol. The van der Waals surface area contributed by atoms with E-state index in [0.29, 0.717) is 16.3 Å². The zero-order valence-corrected chi connectivity index (χ0v) is 15.5. The van der Waals surface area contributed by atoms with Crippen LogP contribution in [0.1, 0.15) is 22.7 Å². The van der Waals surface area contributed by atoms with Crippen molar-refractivity contribution < 1.29 is 9.90 Å². The molecule has 0 aliphatic carbocycles. The molecule has 1 aliphatic heterocycles. The summed E-state index contributed by atoms with van der Waals surface area (Å²) in [6.07, 6.45) is 0. The van der Waals surface area contributed by atoms with Gasteiger partial charge in [-0.05, 0) is 42.3 Å². The highest BCUT2D eigenvalue weighted by Crippen LogP contribution is 2.45. The van der Waals surface area contributed by atoms with Crippen LogP contribution in [0.4, 0.5) is 5.69 Å². The van der Waals surface area contributed by atoms with Gasteiger partial charge in [-0.15, -0.1) is 0 Å². The molecule has 3 aromatic carbocycles. The second kappa shape index (κ2) is 6.93. The van der Waals surface area contributed by atoms with E-state index >= 15 is 0 Å². The Hall–Kier alpha value is -3.04. The summed E-state index contributed by atoms with van der Waals surface area (Å²) in [4.78, 5) is 14.6. The van der Waals surface area contributed by atoms with Gasteiger partial charge in [0.05, 0.1) is 6.04 Å². The molecule has 4 heteroatoms. The number of hydrogen-bond acceptors (Lipinski definition) is 2. The summed E-state index contributed by atoms with van der Waals surface area (Å²) >= 11 is 6.02. The van der Waals surface area contributed by atoms with Crippen LogP contribution >= 0.6 is 11.6 Å². The zero-order chi connectivity index (χ0) is 19.0. The van der Waals surface area contributed by atoms with Gasteiger partial charge in [-0.2, -0.15) is 0 Å². The van der Waals surface area contributed by atoms with Crippen LogP contribution in [0.2, 0.25) is 5.02 Å². The van der Waals surface area contributed by atoms with Crippen molar-refractivity contribution in [2.45, 2.75) is 13.0 Å². The van der Waals surface area contributed by atoms with Crippen LogP contribution in [0.25, 0.3) is 5.57 Å². The molecule has 3 nitrogen and oxygen atoms in total. The monoisotopic (exact) mass is 375 g/mol. The Morgan fingerprint density at radius 1 is 0.889 bits per heavy atom. The average molecular weight is 376 g/mol. The molecule has 1 amide bonds. The van der Waals surface area contributed by atoms with Crippen molar-refractivity contribution in [2.75, 3.05) is 4.90 Å². The minimum Gasteiger partial charge on any atom is -0.503 e. The molecule has 0 saturated heterocycles. The van der Waals surface area contributed by atoms with Crippen molar-refractivity contribution in [2.24, 2.45) is 0 Å². The summed E-state index contributed by atoms with van der Waals surface area (Å²) in [6.45, 7) is 2.02. The molecule has 27 heavy (non-hydrogen) atoms. The molecule has 0 unspecified atom stereocenters. The van der Waals surface area contributed by atoms with Gasteiger partial charge in [0.2, 0.25) is 0 Å². The highest BCUT2D eigenvalue weighted by Gasteiger charge is 2.41. The fourth-order valence-corrected chi connectivity index (χ4v) is 3.58. The molecule has 0 fully saturated rings. The molecule has 134 valence electrons. The lowest BCUT2D eigenvalue weighted by Crippen LogP contribution is -2.30. The third kappa shape index (κ3) is 3.11. The minimum absolute atomic E-state index is 0.221. The smallest absolute Gasteiger partial charge is 0.294 e. The highest BCUT2D eigenvalue weighted by atomic mass is 35.5. The number of benzene rings is 3. The summed E-state index contributed by atoms with van der Waals surface area (Å²) in [5, 5.41) is 11.3. The predicted molar refractivity (Wildman–Crippen MR) is 109 cm³/mol. The maximum Gasteiger partial charge on any atom is 0.294 e. The van der Waals surface area contributed by atoms with Gasteiger partial charge in [0.25, 0.3) is 5.91 Å². The number of aliphatic hydroxyl groups excluding tert-OH is 1. The van der Waals surface area contributed by atoms with Crippen molar-refractivity contribution in [3.63, 3.8) is 0 Å². The van der Waals surface area contributed by atoms with Crippen molar-refractivity contribution in [1.29, 1.82) is 0 Å². The number of rotatable bonds is 3. The molecule has 1 heterocycles. The van der Waals surface area contributed by atoms with Crippen LogP contribution in [0.15, 0.2) is 84.6 Å². The molecule has 0 spiro atoms. The van der Waals surface area contributed by atoms with E-state index in [-0.39, 0.29) is 5.76 Å². The lowest BCUT2D eigenvalue weighted by atomic mass is 9.93. The molecule has 4 rings (SSSR count). The first-order chi connectivity index (χ1) is 13.1. The van der Waals surface area contributed by atoms with Gasteiger partial charge >= 0.3 is 0 Å². The number of anilines is 1. The minimum atomic E-state index is -0.415. The lowest BCUT2D eigenvalue weighted by Gasteiger charge is -2.27. The number of aryl methyl sites for hydroxylation is 1. The third-order valence-electron chi connectivity index (χ3n) is 4.79. The van der Waals surface area contributed by atoms with Gasteiger partial charge in [-0.1, -0.05) is 71.8 Å². The van der Waals surface area contributed by atoms with Gasteiger partial charge in [0.15, 0.2) is 5.76 Å². The van der Waals surface area contributed by atoms with Crippen molar-refractivity contribution in [1.82, 2.24) is 0 Å². The first-order valence-electron chi connectivity index (χ1n) is 8.70. The van der Waals surface area contributed by atoms with E-state index in [9.17, 15) is 9.90 Å². The Kier molecular flexibility index (Phi) is 4.46. The molecule has 0 bridgehead atoms. The molecule has 1 aliphatic rings. The Balaban J connectivity index is 1.90. The lowest BCUT2D eigenvalue weighted by molar-refractivity contribution is -0.117. The molecule has 0 radical (unpaired) electrons. The van der Waals surface area contributed by atoms with Crippen molar-refractivity contribution in [3.05, 3.63) is 106 Å². The Morgan fingerprint density at radius 3 is 2.15 bits per heavy atom. The average Bonchev–Trinajstić information content (AvgIpc) is 2.95. The third-order valence-corrected chi connectivity index (χ3v) is 5.04. The van der Waals surface area contributed by atoms with Crippen LogP contribution in [0, 0.1) is 6.92 Å². The molecular formula is C23H18ClNO2. The standard InChI is InChI=1S/C23H18ClNO2/c1-15-7-9-17(10-8-15)21-20(16-5-3-2-4-6-16)22(26)23(27)25(21)19-13-11-18(24)12-14-19/h2-14,21,26H,1H3/t21-/m0/s1. The summed E-state index contributed by atoms with van der Waals surface area (Å²) in [5.41, 5.74) is 4.19. The quantitative estimate of drug-likeness (QED) is 0.637. The van der Waals surface area contributed by atoms with E-state index in [0.717, 1.165) is 16.7 Å². The number of hydrogen-bond donors (Lipinski definition) is 1. The zero-order valence-electron chi connectivity index (χ0n) is 14.8. The second-order valence-electron chi connectivity index (χ2n) is 6.59. The van der Waals surface area contributed by atoms with Crippen LogP contribution in [0.5, 0.6) is 0 Å². The fourth-order valence-electron chi connectivity index (χ4n) is 3.45. The maximum absolute atomic E-state index is 13.0. The molecule has 1 N–H and O–H groups in total. The van der Waals surface area contributed by atoms with Crippen LogP contribution < -0.4 is 4.90 Å². The van der Waals surface area contributed by atoms with E-state index in [1.807, 2.05) is 61.5 Å². The number of aliphatic hydroxyl groups is 1. The molecule has 0 aromatic heterocycles. The highest BCUT2D eigenvalue weighted by molar-refractivity contribution is 6.30. The molecule has 1 atom stereocenters. The number of carbonyl (C=O) groups is 1. The Morgan fingerprint density at radius 2 is 1.52 bits per heavy atom. The van der Waals surface area contributed by atoms with Gasteiger partial charge in [-0.3, -0.25) is 9.69 Å². The Bertz CT molecular complexity index is 1010. The first kappa shape index (κ1) is 17.4. The van der Waals surface area contributed by atoms with Gasteiger partial charge in [0.1, 0.15) is 0 Å². The van der Waals surface area contributed by atoms with Crippen molar-refractivity contribution >= 4 is 28.8 Å². The van der Waals surface area contributed by atoms with E-state index in [2.05, 4.69) is 0 Å². The van der Waals surface area contributed by atoms with Gasteiger partial charge in [0, 0.05) is 16.3 Å². The summed E-state index contributed by atoms with van der Waals surface area (Å²) in [7, 11) is 0. The predicted octanol–water partition coefficient (Wildman–Crippen LogP) is 5.71. The second-order valence-corrected chi connectivity index (χ2v) is 7.03. The van der Waals surface area contributed by atoms with E-state index < -0.39 is 11.9 Å². The number of nitrogens with zero attached hydrogens (tertiary/aromatic N) is 1. The fraction of sp³-hybridized carbons (Fsp3) is 0.0870. The van der Waals surface area contributed by atoms with Crippen LogP contribution in [-0.2, 0) is 4.79 Å². The van der Waals surface area contributed by atoms with Crippen LogP contribution in [0.3, 0.4) is 0 Å². The first-order valence-corrected chi connectivity index (χ1v) is 9.08. The normalized spacial score (nSPS) is 16.9. The summed E-state index contributed by atoms with van der Waals surface area (Å²) in [5.74, 6) is -0.636. The molecule has 0 saturated carbocycles. The topological polar surface area (TPSA) is 40.5 Å². The van der Waals surface area contributed by atoms with Gasteiger partial charge < -0.3 is 5.11 Å².